The molecule has 0 bridgehead atoms. The topological polar surface area (TPSA) is 54.9 Å². The fourth-order valence-electron chi connectivity index (χ4n) is 2.67. The molecule has 5 nitrogen and oxygen atoms in total. The van der Waals surface area contributed by atoms with Crippen molar-refractivity contribution < 1.29 is 9.47 Å². The number of hydrogen-bond acceptors (Lipinski definition) is 3. The largest absolute Gasteiger partial charge is 0.385 e. The van der Waals surface area contributed by atoms with E-state index in [2.05, 4.69) is 31.4 Å². The van der Waals surface area contributed by atoms with Crippen LogP contribution in [0.15, 0.2) is 4.99 Å². The average molecular weight is 313 g/mol. The van der Waals surface area contributed by atoms with Crippen LogP contribution in [0, 0.1) is 5.41 Å². The highest BCUT2D eigenvalue weighted by atomic mass is 16.5. The molecule has 0 spiro atoms. The summed E-state index contributed by atoms with van der Waals surface area (Å²) in [5, 5.41) is 6.72. The van der Waals surface area contributed by atoms with Crippen LogP contribution in [0.1, 0.15) is 52.9 Å². The number of rotatable bonds is 11. The molecule has 130 valence electrons. The number of methoxy groups -OCH3 is 1. The Morgan fingerprint density at radius 3 is 2.55 bits per heavy atom. The molecule has 0 aliphatic heterocycles. The second-order valence-electron chi connectivity index (χ2n) is 6.49. The molecule has 0 heterocycles. The van der Waals surface area contributed by atoms with Crippen LogP contribution < -0.4 is 10.6 Å². The standard InChI is InChI=1S/C17H35N3O2/c1-5-18-16(19-11-7-12-22-15(2)3)20-14-17(8-6-9-17)10-13-21-4/h15H,5-14H2,1-4H3,(H2,18,19,20). The summed E-state index contributed by atoms with van der Waals surface area (Å²) in [6.45, 7) is 10.5. The van der Waals surface area contributed by atoms with Crippen molar-refractivity contribution in [2.24, 2.45) is 10.4 Å². The summed E-state index contributed by atoms with van der Waals surface area (Å²) in [5.74, 6) is 0.927. The molecule has 1 aliphatic rings. The zero-order valence-electron chi connectivity index (χ0n) is 14.9. The van der Waals surface area contributed by atoms with Gasteiger partial charge in [-0.05, 0) is 51.9 Å². The molecule has 1 saturated carbocycles. The van der Waals surface area contributed by atoms with E-state index in [9.17, 15) is 0 Å². The molecule has 1 rings (SSSR count). The van der Waals surface area contributed by atoms with E-state index in [0.29, 0.717) is 11.5 Å². The maximum absolute atomic E-state index is 5.55. The molecular formula is C17H35N3O2. The number of nitrogens with one attached hydrogen (secondary N) is 2. The fraction of sp³-hybridized carbons (Fsp3) is 0.941. The Labute approximate surface area is 136 Å². The van der Waals surface area contributed by atoms with Crippen molar-refractivity contribution >= 4 is 5.96 Å². The van der Waals surface area contributed by atoms with Crippen LogP contribution in [0.4, 0.5) is 0 Å². The van der Waals surface area contributed by atoms with Crippen LogP contribution in [-0.2, 0) is 9.47 Å². The molecule has 5 heteroatoms. The van der Waals surface area contributed by atoms with E-state index in [4.69, 9.17) is 14.5 Å². The fourth-order valence-corrected chi connectivity index (χ4v) is 2.67. The first-order valence-electron chi connectivity index (χ1n) is 8.74. The van der Waals surface area contributed by atoms with Crippen molar-refractivity contribution in [3.8, 4) is 0 Å². The number of ether oxygens (including phenoxy) is 2. The smallest absolute Gasteiger partial charge is 0.191 e. The van der Waals surface area contributed by atoms with Crippen LogP contribution >= 0.6 is 0 Å². The van der Waals surface area contributed by atoms with Crippen molar-refractivity contribution in [2.45, 2.75) is 59.0 Å². The van der Waals surface area contributed by atoms with Crippen LogP contribution in [0.5, 0.6) is 0 Å². The zero-order chi connectivity index (χ0) is 16.3. The number of nitrogens with zero attached hydrogens (tertiary/aromatic N) is 1. The zero-order valence-corrected chi connectivity index (χ0v) is 14.9. The normalized spacial score (nSPS) is 17.4. The van der Waals surface area contributed by atoms with Crippen molar-refractivity contribution in [3.63, 3.8) is 0 Å². The molecule has 2 N–H and O–H groups in total. The predicted molar refractivity (Wildman–Crippen MR) is 92.5 cm³/mol. The van der Waals surface area contributed by atoms with Gasteiger partial charge in [0.2, 0.25) is 0 Å². The van der Waals surface area contributed by atoms with Gasteiger partial charge in [0.25, 0.3) is 0 Å². The number of hydrogen-bond donors (Lipinski definition) is 2. The Bertz CT molecular complexity index is 315. The highest BCUT2D eigenvalue weighted by molar-refractivity contribution is 5.79. The summed E-state index contributed by atoms with van der Waals surface area (Å²) in [7, 11) is 1.78. The lowest BCUT2D eigenvalue weighted by atomic mass is 9.67. The highest BCUT2D eigenvalue weighted by Gasteiger charge is 2.36. The van der Waals surface area contributed by atoms with E-state index in [1.54, 1.807) is 7.11 Å². The Balaban J connectivity index is 2.34. The van der Waals surface area contributed by atoms with E-state index >= 15 is 0 Å². The van der Waals surface area contributed by atoms with E-state index in [0.717, 1.165) is 51.6 Å². The van der Waals surface area contributed by atoms with Gasteiger partial charge in [0.15, 0.2) is 5.96 Å². The monoisotopic (exact) mass is 313 g/mol. The second kappa shape index (κ2) is 10.8. The van der Waals surface area contributed by atoms with Gasteiger partial charge in [0.05, 0.1) is 6.10 Å². The first kappa shape index (κ1) is 19.2. The van der Waals surface area contributed by atoms with Crippen LogP contribution in [0.25, 0.3) is 0 Å². The maximum atomic E-state index is 5.55. The molecule has 0 aromatic carbocycles. The molecule has 0 unspecified atom stereocenters. The van der Waals surface area contributed by atoms with Gasteiger partial charge in [-0.2, -0.15) is 0 Å². The summed E-state index contributed by atoms with van der Waals surface area (Å²) in [6.07, 6.45) is 6.31. The molecule has 0 amide bonds. The summed E-state index contributed by atoms with van der Waals surface area (Å²) in [4.78, 5) is 4.79. The van der Waals surface area contributed by atoms with Crippen LogP contribution in [-0.4, -0.2) is 52.0 Å². The minimum Gasteiger partial charge on any atom is -0.385 e. The van der Waals surface area contributed by atoms with Gasteiger partial charge >= 0.3 is 0 Å². The average Bonchev–Trinajstić information content (AvgIpc) is 2.45. The minimum atomic E-state index is 0.307. The van der Waals surface area contributed by atoms with Gasteiger partial charge < -0.3 is 20.1 Å². The Kier molecular flexibility index (Phi) is 9.48. The first-order valence-corrected chi connectivity index (χ1v) is 8.74. The summed E-state index contributed by atoms with van der Waals surface area (Å²) in [6, 6.07) is 0. The number of guanidine groups is 1. The van der Waals surface area contributed by atoms with E-state index in [1.807, 2.05) is 0 Å². The third-order valence-electron chi connectivity index (χ3n) is 4.23. The van der Waals surface area contributed by atoms with E-state index in [-0.39, 0.29) is 0 Å². The van der Waals surface area contributed by atoms with Crippen LogP contribution in [0.3, 0.4) is 0 Å². The van der Waals surface area contributed by atoms with Gasteiger partial charge in [0.1, 0.15) is 0 Å². The lowest BCUT2D eigenvalue weighted by Crippen LogP contribution is -2.40. The Hall–Kier alpha value is -0.810. The molecule has 0 aromatic rings. The molecule has 22 heavy (non-hydrogen) atoms. The molecule has 0 atom stereocenters. The SMILES string of the molecule is CCNC(=NCC1(CCOC)CCC1)NCCCOC(C)C. The van der Waals surface area contributed by atoms with Gasteiger partial charge in [-0.3, -0.25) is 4.99 Å². The van der Waals surface area contributed by atoms with Gasteiger partial charge in [-0.15, -0.1) is 0 Å². The molecule has 0 saturated heterocycles. The number of aliphatic imine (C=N–C) groups is 1. The van der Waals surface area contributed by atoms with Crippen molar-refractivity contribution in [1.29, 1.82) is 0 Å². The quantitative estimate of drug-likeness (QED) is 0.350. The van der Waals surface area contributed by atoms with Crippen molar-refractivity contribution in [2.75, 3.05) is 40.0 Å². The Morgan fingerprint density at radius 2 is 2.00 bits per heavy atom. The second-order valence-corrected chi connectivity index (χ2v) is 6.49. The first-order chi connectivity index (χ1) is 10.6. The molecule has 0 aromatic heterocycles. The van der Waals surface area contributed by atoms with Crippen LogP contribution in [0.2, 0.25) is 0 Å². The summed E-state index contributed by atoms with van der Waals surface area (Å²) < 4.78 is 10.8. The lowest BCUT2D eigenvalue weighted by Gasteiger charge is -2.40. The van der Waals surface area contributed by atoms with E-state index in [1.165, 1.54) is 19.3 Å². The molecule has 1 aliphatic carbocycles. The lowest BCUT2D eigenvalue weighted by molar-refractivity contribution is 0.0768. The van der Waals surface area contributed by atoms with Crippen molar-refractivity contribution in [1.82, 2.24) is 10.6 Å². The third kappa shape index (κ3) is 7.45. The molecule has 1 fully saturated rings. The maximum Gasteiger partial charge on any atom is 0.191 e. The summed E-state index contributed by atoms with van der Waals surface area (Å²) in [5.41, 5.74) is 0.374. The van der Waals surface area contributed by atoms with E-state index < -0.39 is 0 Å². The molecular weight excluding hydrogens is 278 g/mol. The van der Waals surface area contributed by atoms with Gasteiger partial charge in [-0.1, -0.05) is 6.42 Å². The van der Waals surface area contributed by atoms with Crippen molar-refractivity contribution in [3.05, 3.63) is 0 Å². The van der Waals surface area contributed by atoms with Gasteiger partial charge in [0, 0.05) is 40.0 Å². The summed E-state index contributed by atoms with van der Waals surface area (Å²) >= 11 is 0. The third-order valence-corrected chi connectivity index (χ3v) is 4.23. The highest BCUT2D eigenvalue weighted by Crippen LogP contribution is 2.44. The van der Waals surface area contributed by atoms with Gasteiger partial charge in [-0.25, -0.2) is 0 Å². The Morgan fingerprint density at radius 1 is 1.23 bits per heavy atom. The molecule has 0 radical (unpaired) electrons. The minimum absolute atomic E-state index is 0.307. The predicted octanol–water partition coefficient (Wildman–Crippen LogP) is 2.56.